The summed E-state index contributed by atoms with van der Waals surface area (Å²) in [6.07, 6.45) is 7.15. The Hall–Kier alpha value is -4.40. The summed E-state index contributed by atoms with van der Waals surface area (Å²) in [5.41, 5.74) is -0.317. The maximum absolute atomic E-state index is 14.6. The van der Waals surface area contributed by atoms with Crippen molar-refractivity contribution in [3.8, 4) is 0 Å². The first kappa shape index (κ1) is 48.3. The number of carbonyl (C=O) groups is 4. The monoisotopic (exact) mass is 849 g/mol. The maximum Gasteiger partial charge on any atom is 0.420 e. The predicted molar refractivity (Wildman–Crippen MR) is 232 cm³/mol. The van der Waals surface area contributed by atoms with E-state index in [1.54, 1.807) is 51.1 Å². The van der Waals surface area contributed by atoms with Gasteiger partial charge in [-0.1, -0.05) is 101 Å². The molecule has 4 atom stereocenters. The molecule has 60 heavy (non-hydrogen) atoms. The first-order valence-electron chi connectivity index (χ1n) is 21.3. The molecule has 3 N–H and O–H groups in total. The summed E-state index contributed by atoms with van der Waals surface area (Å²) in [6, 6.07) is 15.8. The van der Waals surface area contributed by atoms with Crippen LogP contribution in [0.5, 0.6) is 0 Å². The first-order valence-corrected chi connectivity index (χ1v) is 22.9. The van der Waals surface area contributed by atoms with Crippen LogP contribution < -0.4 is 10.6 Å². The second-order valence-corrected chi connectivity index (χ2v) is 20.5. The molecule has 13 nitrogen and oxygen atoms in total. The third-order valence-corrected chi connectivity index (χ3v) is 12.8. The average molecular weight is 850 g/mol. The molecule has 1 heterocycles. The van der Waals surface area contributed by atoms with Crippen LogP contribution in [0.2, 0.25) is 0 Å². The fourth-order valence-corrected chi connectivity index (χ4v) is 8.85. The maximum atomic E-state index is 14.6. The SMILES string of the molecule is CN(CCCS(=O)(=O)c1ccccc1)C[C@H](O)[C@H](CC1CCCCC1)NC(=O)[C@H](Cc1cncn1C(=O)OC(C)(C)C)NC(=O)[C@@H](CC(=O)C(C)(C)C)Cc1ccccc1. The summed E-state index contributed by atoms with van der Waals surface area (Å²) >= 11 is 0. The van der Waals surface area contributed by atoms with E-state index in [2.05, 4.69) is 15.6 Å². The highest BCUT2D eigenvalue weighted by Gasteiger charge is 2.35. The molecular formula is C46H67N5O8S. The number of nitrogens with one attached hydrogen (secondary N) is 2. The lowest BCUT2D eigenvalue weighted by atomic mass is 9.83. The molecule has 0 saturated heterocycles. The smallest absolute Gasteiger partial charge is 0.420 e. The Bertz CT molecular complexity index is 1950. The zero-order valence-corrected chi connectivity index (χ0v) is 37.4. The second kappa shape index (κ2) is 21.9. The van der Waals surface area contributed by atoms with Gasteiger partial charge in [-0.25, -0.2) is 22.8 Å². The van der Waals surface area contributed by atoms with Crippen LogP contribution in [0.25, 0.3) is 0 Å². The van der Waals surface area contributed by atoms with Crippen molar-refractivity contribution in [2.24, 2.45) is 17.3 Å². The van der Waals surface area contributed by atoms with E-state index in [4.69, 9.17) is 4.74 Å². The van der Waals surface area contributed by atoms with Crippen LogP contribution in [0, 0.1) is 17.3 Å². The number of sulfone groups is 1. The van der Waals surface area contributed by atoms with Gasteiger partial charge in [0.25, 0.3) is 0 Å². The van der Waals surface area contributed by atoms with Gasteiger partial charge in [0.1, 0.15) is 23.8 Å². The number of aromatic nitrogens is 2. The molecule has 2 amide bonds. The number of benzene rings is 2. The molecule has 0 radical (unpaired) electrons. The van der Waals surface area contributed by atoms with Gasteiger partial charge >= 0.3 is 6.09 Å². The average Bonchev–Trinajstić information content (AvgIpc) is 3.65. The van der Waals surface area contributed by atoms with E-state index in [1.165, 1.54) is 17.1 Å². The Kier molecular flexibility index (Phi) is 17.6. The second-order valence-electron chi connectivity index (χ2n) is 18.4. The van der Waals surface area contributed by atoms with Crippen LogP contribution in [0.3, 0.4) is 0 Å². The number of nitrogens with zero attached hydrogens (tertiary/aromatic N) is 3. The molecule has 0 aliphatic heterocycles. The minimum atomic E-state index is -3.47. The predicted octanol–water partition coefficient (Wildman–Crippen LogP) is 6.17. The number of ketones is 1. The summed E-state index contributed by atoms with van der Waals surface area (Å²) in [5.74, 6) is -1.73. The first-order chi connectivity index (χ1) is 28.2. The lowest BCUT2D eigenvalue weighted by Gasteiger charge is -2.33. The van der Waals surface area contributed by atoms with Crippen molar-refractivity contribution in [2.45, 2.75) is 134 Å². The van der Waals surface area contributed by atoms with Crippen LogP contribution in [0.15, 0.2) is 78.1 Å². The molecule has 1 aliphatic rings. The number of aliphatic hydroxyl groups is 1. The van der Waals surface area contributed by atoms with Crippen LogP contribution >= 0.6 is 0 Å². The van der Waals surface area contributed by atoms with Gasteiger partial charge in [-0.2, -0.15) is 0 Å². The van der Waals surface area contributed by atoms with Crippen molar-refractivity contribution < 1.29 is 37.4 Å². The van der Waals surface area contributed by atoms with Gasteiger partial charge in [-0.3, -0.25) is 14.4 Å². The topological polar surface area (TPSA) is 177 Å². The number of amides is 2. The number of rotatable bonds is 20. The number of carbonyl (C=O) groups excluding carboxylic acids is 4. The molecule has 1 aromatic heterocycles. The fraction of sp³-hybridized carbons (Fsp3) is 0.587. The lowest BCUT2D eigenvalue weighted by molar-refractivity contribution is -0.135. The van der Waals surface area contributed by atoms with E-state index in [0.717, 1.165) is 37.7 Å². The zero-order valence-electron chi connectivity index (χ0n) is 36.6. The highest BCUT2D eigenvalue weighted by atomic mass is 32.2. The van der Waals surface area contributed by atoms with E-state index >= 15 is 0 Å². The molecule has 2 aromatic carbocycles. The minimum Gasteiger partial charge on any atom is -0.443 e. The Labute approximate surface area is 357 Å². The molecule has 0 bridgehead atoms. The lowest BCUT2D eigenvalue weighted by Crippen LogP contribution is -2.56. The van der Waals surface area contributed by atoms with Crippen LogP contribution in [0.1, 0.15) is 104 Å². The normalized spacial score (nSPS) is 16.1. The molecule has 1 fully saturated rings. The Morgan fingerprint density at radius 1 is 0.900 bits per heavy atom. The number of hydrogen-bond acceptors (Lipinski definition) is 10. The highest BCUT2D eigenvalue weighted by molar-refractivity contribution is 7.91. The Morgan fingerprint density at radius 2 is 1.53 bits per heavy atom. The van der Waals surface area contributed by atoms with Gasteiger partial charge in [-0.15, -0.1) is 0 Å². The van der Waals surface area contributed by atoms with E-state index in [0.29, 0.717) is 25.1 Å². The van der Waals surface area contributed by atoms with Crippen LogP contribution in [-0.4, -0.2) is 101 Å². The molecule has 0 spiro atoms. The van der Waals surface area contributed by atoms with Crippen molar-refractivity contribution in [3.63, 3.8) is 0 Å². The number of aliphatic hydroxyl groups excluding tert-OH is 1. The number of imidazole rings is 1. The Morgan fingerprint density at radius 3 is 2.15 bits per heavy atom. The van der Waals surface area contributed by atoms with Crippen molar-refractivity contribution in [3.05, 3.63) is 84.4 Å². The number of likely N-dealkylation sites (N-methyl/N-ethyl adjacent to an activating group) is 1. The standard InChI is InChI=1S/C46H67N5O8S/c1-45(2,3)41(53)28-35(26-33-18-11-8-12-19-33)42(54)49-39(29-36-30-47-32-51(36)44(56)59-46(4,5)6)43(55)48-38(27-34-20-13-9-14-21-34)40(52)31-50(7)24-17-25-60(57,58)37-22-15-10-16-23-37/h8,10-12,15-16,18-19,22-23,30,32,34-35,38-40,52H,9,13-14,17,20-21,24-29,31H2,1-7H3,(H,48,55)(H,49,54)/t35-,38+,39+,40+/m1/s1. The largest absolute Gasteiger partial charge is 0.443 e. The molecule has 1 aliphatic carbocycles. The van der Waals surface area contributed by atoms with Crippen LogP contribution in [0.4, 0.5) is 4.79 Å². The van der Waals surface area contributed by atoms with Gasteiger partial charge in [0.05, 0.1) is 28.5 Å². The molecule has 1 saturated carbocycles. The summed E-state index contributed by atoms with van der Waals surface area (Å²) in [5, 5.41) is 17.8. The molecule has 3 aromatic rings. The molecular weight excluding hydrogens is 783 g/mol. The molecule has 4 rings (SSSR count). The Balaban J connectivity index is 1.59. The van der Waals surface area contributed by atoms with Crippen LogP contribution in [-0.2, 0) is 41.8 Å². The third kappa shape index (κ3) is 15.6. The van der Waals surface area contributed by atoms with Gasteiger partial charge in [0.15, 0.2) is 9.84 Å². The fourth-order valence-electron chi connectivity index (χ4n) is 7.53. The quantitative estimate of drug-likeness (QED) is 0.119. The molecule has 14 heteroatoms. The molecule has 0 unspecified atom stereocenters. The van der Waals surface area contributed by atoms with E-state index in [1.807, 2.05) is 63.1 Å². The third-order valence-electron chi connectivity index (χ3n) is 11.0. The minimum absolute atomic E-state index is 0.0452. The number of hydrogen-bond donors (Lipinski definition) is 3. The van der Waals surface area contributed by atoms with Gasteiger partial charge in [-0.05, 0) is 77.2 Å². The van der Waals surface area contributed by atoms with Gasteiger partial charge in [0.2, 0.25) is 11.8 Å². The van der Waals surface area contributed by atoms with Crippen molar-refractivity contribution in [2.75, 3.05) is 25.9 Å². The summed E-state index contributed by atoms with van der Waals surface area (Å²) in [6.45, 7) is 11.2. The van der Waals surface area contributed by atoms with Crippen molar-refractivity contribution in [1.82, 2.24) is 25.1 Å². The summed E-state index contributed by atoms with van der Waals surface area (Å²) in [4.78, 5) is 61.9. The van der Waals surface area contributed by atoms with Crippen molar-refractivity contribution in [1.29, 1.82) is 0 Å². The van der Waals surface area contributed by atoms with Crippen molar-refractivity contribution >= 4 is 33.5 Å². The summed E-state index contributed by atoms with van der Waals surface area (Å²) < 4.78 is 32.6. The number of ether oxygens (including phenoxy) is 1. The zero-order chi connectivity index (χ0) is 44.1. The number of Topliss-reactive ketones (excluding diaryl/α,β-unsaturated/α-hetero) is 1. The van der Waals surface area contributed by atoms with E-state index in [-0.39, 0.29) is 48.2 Å². The molecule has 330 valence electrons. The van der Waals surface area contributed by atoms with Gasteiger partial charge in [0, 0.05) is 36.9 Å². The van der Waals surface area contributed by atoms with E-state index < -0.39 is 62.9 Å². The van der Waals surface area contributed by atoms with E-state index in [9.17, 15) is 32.7 Å². The highest BCUT2D eigenvalue weighted by Crippen LogP contribution is 2.29. The van der Waals surface area contributed by atoms with Gasteiger partial charge < -0.3 is 25.4 Å². The summed E-state index contributed by atoms with van der Waals surface area (Å²) in [7, 11) is -1.66.